The van der Waals surface area contributed by atoms with Gasteiger partial charge in [-0.05, 0) is 23.8 Å². The van der Waals surface area contributed by atoms with Gasteiger partial charge in [0.15, 0.2) is 5.13 Å². The smallest absolute Gasteiger partial charge is 0.185 e. The maximum absolute atomic E-state index is 13.3. The monoisotopic (exact) mass is 292 g/mol. The van der Waals surface area contributed by atoms with Crippen molar-refractivity contribution in [2.45, 2.75) is 6.54 Å². The highest BCUT2D eigenvalue weighted by molar-refractivity contribution is 7.13. The first-order valence-electron chi connectivity index (χ1n) is 6.62. The molecule has 1 aliphatic heterocycles. The number of nitrogens with two attached hydrogens (primary N) is 1. The Bertz CT molecular complexity index is 544. The van der Waals surface area contributed by atoms with Crippen LogP contribution in [0, 0.1) is 5.82 Å². The zero-order valence-electron chi connectivity index (χ0n) is 11.1. The molecule has 0 atom stereocenters. The van der Waals surface area contributed by atoms with E-state index >= 15 is 0 Å². The number of aromatic nitrogens is 1. The van der Waals surface area contributed by atoms with Gasteiger partial charge in [0.2, 0.25) is 0 Å². The largest absolute Gasteiger partial charge is 0.399 e. The van der Waals surface area contributed by atoms with Gasteiger partial charge in [0, 0.05) is 50.0 Å². The molecular weight excluding hydrogens is 275 g/mol. The molecule has 0 spiro atoms. The highest BCUT2D eigenvalue weighted by atomic mass is 32.1. The Kier molecular flexibility index (Phi) is 3.84. The van der Waals surface area contributed by atoms with Crippen LogP contribution in [-0.2, 0) is 6.54 Å². The summed E-state index contributed by atoms with van der Waals surface area (Å²) in [5.74, 6) is -0.263. The molecule has 1 saturated heterocycles. The number of nitrogens with zero attached hydrogens (tertiary/aromatic N) is 3. The average Bonchev–Trinajstić information content (AvgIpc) is 2.92. The summed E-state index contributed by atoms with van der Waals surface area (Å²) in [6.45, 7) is 4.57. The van der Waals surface area contributed by atoms with Crippen molar-refractivity contribution in [1.29, 1.82) is 0 Å². The standard InChI is InChI=1S/C14H17FN4S/c15-12-7-11(8-13(16)9-12)10-18-2-4-19(5-3-18)14-17-1-6-20-14/h1,6-9H,2-5,10,16H2. The Balaban J connectivity index is 1.58. The van der Waals surface area contributed by atoms with Gasteiger partial charge in [-0.3, -0.25) is 4.90 Å². The zero-order chi connectivity index (χ0) is 13.9. The van der Waals surface area contributed by atoms with E-state index in [9.17, 15) is 4.39 Å². The number of halogens is 1. The second-order valence-corrected chi connectivity index (χ2v) is 5.84. The molecule has 106 valence electrons. The summed E-state index contributed by atoms with van der Waals surface area (Å²) in [5.41, 5.74) is 7.10. The fraction of sp³-hybridized carbons (Fsp3) is 0.357. The van der Waals surface area contributed by atoms with Gasteiger partial charge in [0.25, 0.3) is 0 Å². The second kappa shape index (κ2) is 5.76. The number of hydrogen-bond donors (Lipinski definition) is 1. The first kappa shape index (κ1) is 13.3. The third-order valence-electron chi connectivity index (χ3n) is 3.45. The lowest BCUT2D eigenvalue weighted by molar-refractivity contribution is 0.249. The minimum absolute atomic E-state index is 0.263. The summed E-state index contributed by atoms with van der Waals surface area (Å²) < 4.78 is 13.3. The molecule has 6 heteroatoms. The minimum atomic E-state index is -0.263. The third-order valence-corrected chi connectivity index (χ3v) is 4.28. The van der Waals surface area contributed by atoms with Crippen molar-refractivity contribution in [2.75, 3.05) is 36.8 Å². The van der Waals surface area contributed by atoms with E-state index in [1.165, 1.54) is 6.07 Å². The van der Waals surface area contributed by atoms with Gasteiger partial charge in [0.05, 0.1) is 0 Å². The van der Waals surface area contributed by atoms with E-state index in [1.807, 2.05) is 17.6 Å². The van der Waals surface area contributed by atoms with Gasteiger partial charge >= 0.3 is 0 Å². The van der Waals surface area contributed by atoms with Crippen molar-refractivity contribution in [1.82, 2.24) is 9.88 Å². The van der Waals surface area contributed by atoms with Crippen molar-refractivity contribution < 1.29 is 4.39 Å². The van der Waals surface area contributed by atoms with E-state index in [0.29, 0.717) is 5.69 Å². The number of hydrogen-bond acceptors (Lipinski definition) is 5. The molecule has 0 aliphatic carbocycles. The SMILES string of the molecule is Nc1cc(F)cc(CN2CCN(c3nccs3)CC2)c1. The first-order chi connectivity index (χ1) is 9.70. The lowest BCUT2D eigenvalue weighted by Gasteiger charge is -2.34. The van der Waals surface area contributed by atoms with Crippen molar-refractivity contribution in [3.8, 4) is 0 Å². The molecule has 1 aliphatic rings. The number of rotatable bonds is 3. The van der Waals surface area contributed by atoms with Gasteiger partial charge in [-0.15, -0.1) is 11.3 Å². The molecule has 0 amide bonds. The molecule has 1 aromatic carbocycles. The molecule has 0 saturated carbocycles. The number of anilines is 2. The quantitative estimate of drug-likeness (QED) is 0.881. The molecular formula is C14H17FN4S. The van der Waals surface area contributed by atoms with Crippen LogP contribution in [-0.4, -0.2) is 36.1 Å². The van der Waals surface area contributed by atoms with E-state index in [1.54, 1.807) is 17.4 Å². The Hall–Kier alpha value is -1.66. The van der Waals surface area contributed by atoms with Crippen LogP contribution in [0.4, 0.5) is 15.2 Å². The summed E-state index contributed by atoms with van der Waals surface area (Å²) in [6, 6.07) is 4.75. The molecule has 1 aromatic heterocycles. The summed E-state index contributed by atoms with van der Waals surface area (Å²) in [5, 5.41) is 3.08. The lowest BCUT2D eigenvalue weighted by atomic mass is 10.1. The molecule has 2 heterocycles. The van der Waals surface area contributed by atoms with Crippen LogP contribution in [0.3, 0.4) is 0 Å². The fourth-order valence-corrected chi connectivity index (χ4v) is 3.19. The molecule has 1 fully saturated rings. The van der Waals surface area contributed by atoms with Crippen LogP contribution in [0.5, 0.6) is 0 Å². The molecule has 2 N–H and O–H groups in total. The van der Waals surface area contributed by atoms with Crippen LogP contribution < -0.4 is 10.6 Å². The number of benzene rings is 1. The van der Waals surface area contributed by atoms with E-state index < -0.39 is 0 Å². The number of nitrogen functional groups attached to an aromatic ring is 1. The molecule has 20 heavy (non-hydrogen) atoms. The topological polar surface area (TPSA) is 45.4 Å². The van der Waals surface area contributed by atoms with Gasteiger partial charge in [-0.25, -0.2) is 9.37 Å². The Morgan fingerprint density at radius 2 is 2.00 bits per heavy atom. The molecule has 0 bridgehead atoms. The van der Waals surface area contributed by atoms with Crippen molar-refractivity contribution >= 4 is 22.2 Å². The maximum atomic E-state index is 13.3. The molecule has 0 unspecified atom stereocenters. The Morgan fingerprint density at radius 1 is 1.20 bits per heavy atom. The van der Waals surface area contributed by atoms with Gasteiger partial charge < -0.3 is 10.6 Å². The van der Waals surface area contributed by atoms with E-state index in [4.69, 9.17) is 5.73 Å². The average molecular weight is 292 g/mol. The maximum Gasteiger partial charge on any atom is 0.185 e. The summed E-state index contributed by atoms with van der Waals surface area (Å²) >= 11 is 1.67. The van der Waals surface area contributed by atoms with E-state index in [0.717, 1.165) is 43.4 Å². The molecule has 4 nitrogen and oxygen atoms in total. The first-order valence-corrected chi connectivity index (χ1v) is 7.50. The zero-order valence-corrected chi connectivity index (χ0v) is 11.9. The van der Waals surface area contributed by atoms with Crippen LogP contribution in [0.25, 0.3) is 0 Å². The van der Waals surface area contributed by atoms with Crippen molar-refractivity contribution in [3.63, 3.8) is 0 Å². The highest BCUT2D eigenvalue weighted by Crippen LogP contribution is 2.20. The van der Waals surface area contributed by atoms with Gasteiger partial charge in [0.1, 0.15) is 5.82 Å². The van der Waals surface area contributed by atoms with Gasteiger partial charge in [-0.2, -0.15) is 0 Å². The predicted molar refractivity (Wildman–Crippen MR) is 80.4 cm³/mol. The Labute approximate surface area is 121 Å². The van der Waals surface area contributed by atoms with Crippen molar-refractivity contribution in [3.05, 3.63) is 41.2 Å². The fourth-order valence-electron chi connectivity index (χ4n) is 2.49. The van der Waals surface area contributed by atoms with E-state index in [-0.39, 0.29) is 5.82 Å². The Morgan fingerprint density at radius 3 is 2.65 bits per heavy atom. The number of piperazine rings is 1. The summed E-state index contributed by atoms with van der Waals surface area (Å²) in [6.07, 6.45) is 1.84. The lowest BCUT2D eigenvalue weighted by Crippen LogP contribution is -2.45. The second-order valence-electron chi connectivity index (χ2n) is 4.97. The van der Waals surface area contributed by atoms with Crippen LogP contribution in [0.2, 0.25) is 0 Å². The normalized spacial score (nSPS) is 16.6. The number of thiazole rings is 1. The molecule has 3 rings (SSSR count). The van der Waals surface area contributed by atoms with E-state index in [2.05, 4.69) is 14.8 Å². The van der Waals surface area contributed by atoms with Crippen molar-refractivity contribution in [2.24, 2.45) is 0 Å². The molecule has 2 aromatic rings. The summed E-state index contributed by atoms with van der Waals surface area (Å²) in [4.78, 5) is 8.94. The van der Waals surface area contributed by atoms with Crippen LogP contribution >= 0.6 is 11.3 Å². The summed E-state index contributed by atoms with van der Waals surface area (Å²) in [7, 11) is 0. The third kappa shape index (κ3) is 3.08. The van der Waals surface area contributed by atoms with Crippen LogP contribution in [0.15, 0.2) is 29.8 Å². The minimum Gasteiger partial charge on any atom is -0.399 e. The highest BCUT2D eigenvalue weighted by Gasteiger charge is 2.18. The van der Waals surface area contributed by atoms with Gasteiger partial charge in [-0.1, -0.05) is 0 Å². The molecule has 0 radical (unpaired) electrons. The predicted octanol–water partition coefficient (Wildman–Crippen LogP) is 2.19. The van der Waals surface area contributed by atoms with Crippen LogP contribution in [0.1, 0.15) is 5.56 Å².